The molecule has 0 fully saturated rings. The molecule has 0 radical (unpaired) electrons. The summed E-state index contributed by atoms with van der Waals surface area (Å²) in [4.78, 5) is 11.6. The van der Waals surface area contributed by atoms with Crippen molar-refractivity contribution in [2.24, 2.45) is 0 Å². The number of aromatic hydroxyl groups is 1. The van der Waals surface area contributed by atoms with Crippen molar-refractivity contribution in [2.75, 3.05) is 6.61 Å². The van der Waals surface area contributed by atoms with E-state index in [1.165, 1.54) is 0 Å². The average Bonchev–Trinajstić information content (AvgIpc) is 2.82. The number of fused-ring (bicyclic) bond motifs is 3. The van der Waals surface area contributed by atoms with E-state index < -0.39 is 0 Å². The number of hydrogen-bond donors (Lipinski definition) is 1. The third kappa shape index (κ3) is 2.07. The standard InChI is InChI=1S/C15H13NO4/c1-2-19-14(18)8-12-15-11-5-4-10(17)7-9(11)3-6-13(15)20-16-12/h3-7,17H,2,8H2,1H3. The lowest BCUT2D eigenvalue weighted by atomic mass is 10.0. The summed E-state index contributed by atoms with van der Waals surface area (Å²) in [5.74, 6) is -0.140. The Morgan fingerprint density at radius 3 is 3.00 bits per heavy atom. The zero-order valence-electron chi connectivity index (χ0n) is 10.9. The third-order valence-electron chi connectivity index (χ3n) is 3.13. The lowest BCUT2D eigenvalue weighted by Crippen LogP contribution is -2.07. The van der Waals surface area contributed by atoms with Crippen LogP contribution in [0.15, 0.2) is 34.9 Å². The largest absolute Gasteiger partial charge is 0.508 e. The number of esters is 1. The number of aromatic nitrogens is 1. The number of carbonyl (C=O) groups is 1. The first-order valence-corrected chi connectivity index (χ1v) is 6.34. The van der Waals surface area contributed by atoms with Gasteiger partial charge in [-0.2, -0.15) is 0 Å². The van der Waals surface area contributed by atoms with Gasteiger partial charge in [-0.15, -0.1) is 0 Å². The Balaban J connectivity index is 2.16. The van der Waals surface area contributed by atoms with Gasteiger partial charge in [0.15, 0.2) is 5.58 Å². The van der Waals surface area contributed by atoms with Crippen LogP contribution in [0.25, 0.3) is 21.7 Å². The van der Waals surface area contributed by atoms with Gasteiger partial charge >= 0.3 is 5.97 Å². The van der Waals surface area contributed by atoms with Crippen molar-refractivity contribution in [3.05, 3.63) is 36.0 Å². The number of ether oxygens (including phenoxy) is 1. The van der Waals surface area contributed by atoms with Gasteiger partial charge in [0.05, 0.1) is 18.4 Å². The molecule has 3 aromatic rings. The van der Waals surface area contributed by atoms with Crippen molar-refractivity contribution >= 4 is 27.7 Å². The molecule has 0 unspecified atom stereocenters. The number of carbonyl (C=O) groups excluding carboxylic acids is 1. The van der Waals surface area contributed by atoms with Crippen LogP contribution in [0.1, 0.15) is 12.6 Å². The molecule has 0 aliphatic carbocycles. The van der Waals surface area contributed by atoms with E-state index in [4.69, 9.17) is 9.26 Å². The third-order valence-corrected chi connectivity index (χ3v) is 3.13. The van der Waals surface area contributed by atoms with Gasteiger partial charge in [-0.1, -0.05) is 11.2 Å². The van der Waals surface area contributed by atoms with Crippen molar-refractivity contribution in [1.29, 1.82) is 0 Å². The van der Waals surface area contributed by atoms with Crippen LogP contribution in [-0.2, 0) is 16.0 Å². The Morgan fingerprint density at radius 2 is 2.20 bits per heavy atom. The number of hydrogen-bond acceptors (Lipinski definition) is 5. The van der Waals surface area contributed by atoms with Gasteiger partial charge in [-0.25, -0.2) is 0 Å². The van der Waals surface area contributed by atoms with Gasteiger partial charge < -0.3 is 14.4 Å². The fraction of sp³-hybridized carbons (Fsp3) is 0.200. The summed E-state index contributed by atoms with van der Waals surface area (Å²) in [6.07, 6.45) is 0.0703. The number of nitrogens with zero attached hydrogens (tertiary/aromatic N) is 1. The van der Waals surface area contributed by atoms with Crippen LogP contribution in [0.4, 0.5) is 0 Å². The molecule has 0 amide bonds. The number of phenolic OH excluding ortho intramolecular Hbond substituents is 1. The minimum atomic E-state index is -0.335. The average molecular weight is 271 g/mol. The topological polar surface area (TPSA) is 72.6 Å². The Kier molecular flexibility index (Phi) is 3.02. The molecule has 3 rings (SSSR count). The molecule has 5 nitrogen and oxygen atoms in total. The van der Waals surface area contributed by atoms with E-state index in [-0.39, 0.29) is 18.1 Å². The molecular formula is C15H13NO4. The Labute approximate surface area is 114 Å². The molecule has 0 saturated carbocycles. The Bertz CT molecular complexity index is 791. The van der Waals surface area contributed by atoms with Crippen LogP contribution >= 0.6 is 0 Å². The molecule has 102 valence electrons. The summed E-state index contributed by atoms with van der Waals surface area (Å²) >= 11 is 0. The Morgan fingerprint density at radius 1 is 1.35 bits per heavy atom. The molecule has 0 aliphatic rings. The van der Waals surface area contributed by atoms with Crippen LogP contribution in [-0.4, -0.2) is 22.8 Å². The van der Waals surface area contributed by atoms with Gasteiger partial charge in [0.25, 0.3) is 0 Å². The maximum Gasteiger partial charge on any atom is 0.312 e. The van der Waals surface area contributed by atoms with Crippen molar-refractivity contribution in [2.45, 2.75) is 13.3 Å². The number of benzene rings is 2. The molecule has 0 atom stereocenters. The first-order chi connectivity index (χ1) is 9.69. The summed E-state index contributed by atoms with van der Waals surface area (Å²) in [5, 5.41) is 16.0. The van der Waals surface area contributed by atoms with Crippen molar-refractivity contribution in [3.63, 3.8) is 0 Å². The van der Waals surface area contributed by atoms with E-state index in [0.717, 1.165) is 16.2 Å². The van der Waals surface area contributed by atoms with E-state index in [1.807, 2.05) is 6.07 Å². The smallest absolute Gasteiger partial charge is 0.312 e. The van der Waals surface area contributed by atoms with Crippen molar-refractivity contribution < 1.29 is 19.2 Å². The van der Waals surface area contributed by atoms with E-state index in [1.54, 1.807) is 31.2 Å². The molecule has 1 aromatic heterocycles. The first-order valence-electron chi connectivity index (χ1n) is 6.34. The highest BCUT2D eigenvalue weighted by molar-refractivity contribution is 6.07. The predicted octanol–water partition coefficient (Wildman–Crippen LogP) is 2.79. The maximum absolute atomic E-state index is 11.6. The first kappa shape index (κ1) is 12.5. The highest BCUT2D eigenvalue weighted by Crippen LogP contribution is 2.30. The summed E-state index contributed by atoms with van der Waals surface area (Å²) in [6, 6.07) is 8.67. The van der Waals surface area contributed by atoms with Gasteiger partial charge in [-0.3, -0.25) is 4.79 Å². The molecule has 0 spiro atoms. The molecule has 2 aromatic carbocycles. The highest BCUT2D eigenvalue weighted by Gasteiger charge is 2.15. The zero-order valence-corrected chi connectivity index (χ0v) is 10.9. The molecule has 20 heavy (non-hydrogen) atoms. The van der Waals surface area contributed by atoms with Crippen LogP contribution in [0, 0.1) is 0 Å². The predicted molar refractivity (Wildman–Crippen MR) is 73.5 cm³/mol. The minimum absolute atomic E-state index is 0.0703. The maximum atomic E-state index is 11.6. The van der Waals surface area contributed by atoms with Gasteiger partial charge in [0.1, 0.15) is 11.4 Å². The second-order valence-electron chi connectivity index (χ2n) is 4.46. The molecule has 0 saturated heterocycles. The van der Waals surface area contributed by atoms with Crippen LogP contribution in [0.3, 0.4) is 0 Å². The summed E-state index contributed by atoms with van der Waals surface area (Å²) in [6.45, 7) is 2.10. The second kappa shape index (κ2) is 4.85. The fourth-order valence-corrected chi connectivity index (χ4v) is 2.29. The van der Waals surface area contributed by atoms with Crippen LogP contribution in [0.2, 0.25) is 0 Å². The van der Waals surface area contributed by atoms with Gasteiger partial charge in [0, 0.05) is 0 Å². The fourth-order valence-electron chi connectivity index (χ4n) is 2.29. The Hall–Kier alpha value is -2.56. The second-order valence-corrected chi connectivity index (χ2v) is 4.46. The minimum Gasteiger partial charge on any atom is -0.508 e. The van der Waals surface area contributed by atoms with Crippen molar-refractivity contribution in [3.8, 4) is 5.75 Å². The summed E-state index contributed by atoms with van der Waals surface area (Å²) in [5.41, 5.74) is 1.16. The SMILES string of the molecule is CCOC(=O)Cc1noc2ccc3cc(O)ccc3c12. The molecule has 5 heteroatoms. The molecule has 0 aliphatic heterocycles. The van der Waals surface area contributed by atoms with E-state index >= 15 is 0 Å². The van der Waals surface area contributed by atoms with Crippen molar-refractivity contribution in [1.82, 2.24) is 5.16 Å². The molecular weight excluding hydrogens is 258 g/mol. The van der Waals surface area contributed by atoms with Gasteiger partial charge in [-0.05, 0) is 42.0 Å². The zero-order chi connectivity index (χ0) is 14.1. The molecule has 1 heterocycles. The van der Waals surface area contributed by atoms with Crippen LogP contribution in [0.5, 0.6) is 5.75 Å². The quantitative estimate of drug-likeness (QED) is 0.741. The lowest BCUT2D eigenvalue weighted by molar-refractivity contribution is -0.142. The van der Waals surface area contributed by atoms with Crippen LogP contribution < -0.4 is 0 Å². The normalized spacial score (nSPS) is 11.1. The van der Waals surface area contributed by atoms with E-state index in [9.17, 15) is 9.90 Å². The molecule has 0 bridgehead atoms. The highest BCUT2D eigenvalue weighted by atomic mass is 16.5. The van der Waals surface area contributed by atoms with Gasteiger partial charge in [0.2, 0.25) is 0 Å². The monoisotopic (exact) mass is 271 g/mol. The van der Waals surface area contributed by atoms with E-state index in [0.29, 0.717) is 17.9 Å². The molecule has 1 N–H and O–H groups in total. The summed E-state index contributed by atoms with van der Waals surface area (Å²) < 4.78 is 10.2. The number of rotatable bonds is 3. The lowest BCUT2D eigenvalue weighted by Gasteiger charge is -2.02. The summed E-state index contributed by atoms with van der Waals surface area (Å²) in [7, 11) is 0. The van der Waals surface area contributed by atoms with E-state index in [2.05, 4.69) is 5.16 Å². The number of phenols is 1.